The van der Waals surface area contributed by atoms with Crippen molar-refractivity contribution in [2.45, 2.75) is 19.8 Å². The Labute approximate surface area is 71.5 Å². The predicted octanol–water partition coefficient (Wildman–Crippen LogP) is 0.170. The first-order valence-corrected chi connectivity index (χ1v) is 4.09. The van der Waals surface area contributed by atoms with Crippen LogP contribution < -0.4 is 5.32 Å². The molecule has 1 aromatic rings. The monoisotopic (exact) mass is 167 g/mol. The standard InChI is InChI=1S/C8H13N3O/c1-9-3-7-6-4-12-5-8(6)11(2)10-7/h9H,3-5H2,1-2H3. The molecular weight excluding hydrogens is 154 g/mol. The molecule has 4 heteroatoms. The highest BCUT2D eigenvalue weighted by Gasteiger charge is 2.20. The molecule has 0 amide bonds. The van der Waals surface area contributed by atoms with Gasteiger partial charge in [-0.15, -0.1) is 0 Å². The van der Waals surface area contributed by atoms with E-state index in [0.717, 1.165) is 18.8 Å². The van der Waals surface area contributed by atoms with Gasteiger partial charge in [0.15, 0.2) is 0 Å². The maximum atomic E-state index is 5.33. The molecule has 1 aliphatic rings. The number of rotatable bonds is 2. The number of hydrogen-bond donors (Lipinski definition) is 1. The Balaban J connectivity index is 2.37. The number of nitrogens with one attached hydrogen (secondary N) is 1. The Morgan fingerprint density at radius 1 is 1.58 bits per heavy atom. The van der Waals surface area contributed by atoms with Gasteiger partial charge in [0.1, 0.15) is 0 Å². The molecule has 0 radical (unpaired) electrons. The van der Waals surface area contributed by atoms with E-state index in [9.17, 15) is 0 Å². The lowest BCUT2D eigenvalue weighted by Gasteiger charge is -1.96. The molecule has 2 heterocycles. The van der Waals surface area contributed by atoms with E-state index in [1.54, 1.807) is 0 Å². The molecule has 0 unspecified atom stereocenters. The van der Waals surface area contributed by atoms with Gasteiger partial charge < -0.3 is 10.1 Å². The first-order valence-electron chi connectivity index (χ1n) is 4.09. The van der Waals surface area contributed by atoms with E-state index in [2.05, 4.69) is 10.4 Å². The second-order valence-corrected chi connectivity index (χ2v) is 3.02. The number of ether oxygens (including phenoxy) is 1. The summed E-state index contributed by atoms with van der Waals surface area (Å²) in [6, 6.07) is 0. The van der Waals surface area contributed by atoms with Crippen LogP contribution in [0.25, 0.3) is 0 Å². The average Bonchev–Trinajstić information content (AvgIpc) is 2.58. The van der Waals surface area contributed by atoms with E-state index in [-0.39, 0.29) is 0 Å². The molecular formula is C8H13N3O. The van der Waals surface area contributed by atoms with Crippen LogP contribution in [0.15, 0.2) is 0 Å². The molecule has 0 aliphatic carbocycles. The van der Waals surface area contributed by atoms with E-state index < -0.39 is 0 Å². The van der Waals surface area contributed by atoms with Crippen molar-refractivity contribution in [2.75, 3.05) is 7.05 Å². The van der Waals surface area contributed by atoms with Crippen molar-refractivity contribution in [3.63, 3.8) is 0 Å². The number of aromatic nitrogens is 2. The Kier molecular flexibility index (Phi) is 1.86. The van der Waals surface area contributed by atoms with Crippen LogP contribution >= 0.6 is 0 Å². The van der Waals surface area contributed by atoms with E-state index in [4.69, 9.17) is 4.74 Å². The van der Waals surface area contributed by atoms with Crippen LogP contribution in [-0.4, -0.2) is 16.8 Å². The fourth-order valence-electron chi connectivity index (χ4n) is 1.57. The van der Waals surface area contributed by atoms with Crippen molar-refractivity contribution in [1.29, 1.82) is 0 Å². The minimum absolute atomic E-state index is 0.711. The smallest absolute Gasteiger partial charge is 0.0893 e. The number of nitrogens with zero attached hydrogens (tertiary/aromatic N) is 2. The molecule has 0 spiro atoms. The maximum absolute atomic E-state index is 5.33. The van der Waals surface area contributed by atoms with Gasteiger partial charge in [0.25, 0.3) is 0 Å². The normalized spacial score (nSPS) is 15.2. The van der Waals surface area contributed by atoms with Crippen molar-refractivity contribution in [3.05, 3.63) is 17.0 Å². The quantitative estimate of drug-likeness (QED) is 0.682. The summed E-state index contributed by atoms with van der Waals surface area (Å²) in [7, 11) is 3.89. The molecule has 2 rings (SSSR count). The fourth-order valence-corrected chi connectivity index (χ4v) is 1.57. The van der Waals surface area contributed by atoms with Crippen LogP contribution in [-0.2, 0) is 31.5 Å². The summed E-state index contributed by atoms with van der Waals surface area (Å²) in [5.74, 6) is 0. The third-order valence-corrected chi connectivity index (χ3v) is 2.19. The summed E-state index contributed by atoms with van der Waals surface area (Å²) in [6.45, 7) is 2.26. The lowest BCUT2D eigenvalue weighted by molar-refractivity contribution is 0.129. The Bertz CT molecular complexity index is 293. The zero-order valence-electron chi connectivity index (χ0n) is 7.42. The third-order valence-electron chi connectivity index (χ3n) is 2.19. The minimum atomic E-state index is 0.711. The third kappa shape index (κ3) is 1.04. The SMILES string of the molecule is CNCc1nn(C)c2c1COC2. The van der Waals surface area contributed by atoms with Crippen LogP contribution in [0.5, 0.6) is 0 Å². The van der Waals surface area contributed by atoms with Crippen molar-refractivity contribution < 1.29 is 4.74 Å². The summed E-state index contributed by atoms with van der Waals surface area (Å²) >= 11 is 0. The van der Waals surface area contributed by atoms with E-state index in [0.29, 0.717) is 6.61 Å². The van der Waals surface area contributed by atoms with Gasteiger partial charge in [-0.3, -0.25) is 4.68 Å². The molecule has 0 fully saturated rings. The molecule has 66 valence electrons. The lowest BCUT2D eigenvalue weighted by Crippen LogP contribution is -2.08. The molecule has 0 saturated carbocycles. The van der Waals surface area contributed by atoms with Crippen LogP contribution in [0.2, 0.25) is 0 Å². The average molecular weight is 167 g/mol. The summed E-state index contributed by atoms with van der Waals surface area (Å²) < 4.78 is 7.25. The molecule has 0 bridgehead atoms. The summed E-state index contributed by atoms with van der Waals surface area (Å²) in [5, 5.41) is 7.49. The summed E-state index contributed by atoms with van der Waals surface area (Å²) in [5.41, 5.74) is 3.61. The molecule has 0 atom stereocenters. The fraction of sp³-hybridized carbons (Fsp3) is 0.625. The van der Waals surface area contributed by atoms with Gasteiger partial charge in [-0.05, 0) is 7.05 Å². The summed E-state index contributed by atoms with van der Waals surface area (Å²) in [4.78, 5) is 0. The predicted molar refractivity (Wildman–Crippen MR) is 44.5 cm³/mol. The van der Waals surface area contributed by atoms with Crippen LogP contribution in [0, 0.1) is 0 Å². The molecule has 1 N–H and O–H groups in total. The molecule has 4 nitrogen and oxygen atoms in total. The zero-order valence-corrected chi connectivity index (χ0v) is 7.42. The highest BCUT2D eigenvalue weighted by Crippen LogP contribution is 2.22. The van der Waals surface area contributed by atoms with Crippen molar-refractivity contribution in [1.82, 2.24) is 15.1 Å². The second-order valence-electron chi connectivity index (χ2n) is 3.02. The first-order chi connectivity index (χ1) is 5.83. The molecule has 0 saturated heterocycles. The topological polar surface area (TPSA) is 39.1 Å². The van der Waals surface area contributed by atoms with E-state index in [1.807, 2.05) is 18.8 Å². The molecule has 12 heavy (non-hydrogen) atoms. The van der Waals surface area contributed by atoms with Gasteiger partial charge in [-0.1, -0.05) is 0 Å². The number of hydrogen-bond acceptors (Lipinski definition) is 3. The second kappa shape index (κ2) is 2.88. The van der Waals surface area contributed by atoms with E-state index in [1.165, 1.54) is 11.3 Å². The molecule has 0 aromatic carbocycles. The van der Waals surface area contributed by atoms with Crippen LogP contribution in [0.3, 0.4) is 0 Å². The summed E-state index contributed by atoms with van der Waals surface area (Å²) in [6.07, 6.45) is 0. The van der Waals surface area contributed by atoms with Gasteiger partial charge in [0.05, 0.1) is 24.6 Å². The van der Waals surface area contributed by atoms with Crippen LogP contribution in [0.4, 0.5) is 0 Å². The number of aryl methyl sites for hydroxylation is 1. The van der Waals surface area contributed by atoms with Crippen molar-refractivity contribution in [3.8, 4) is 0 Å². The molecule has 1 aliphatic heterocycles. The largest absolute Gasteiger partial charge is 0.370 e. The van der Waals surface area contributed by atoms with Crippen LogP contribution in [0.1, 0.15) is 17.0 Å². The van der Waals surface area contributed by atoms with Crippen molar-refractivity contribution >= 4 is 0 Å². The Hall–Kier alpha value is -0.870. The van der Waals surface area contributed by atoms with Gasteiger partial charge >= 0.3 is 0 Å². The highest BCUT2D eigenvalue weighted by atomic mass is 16.5. The van der Waals surface area contributed by atoms with Gasteiger partial charge in [-0.2, -0.15) is 5.10 Å². The Morgan fingerprint density at radius 2 is 2.42 bits per heavy atom. The zero-order chi connectivity index (χ0) is 8.55. The lowest BCUT2D eigenvalue weighted by atomic mass is 10.2. The van der Waals surface area contributed by atoms with Gasteiger partial charge in [0, 0.05) is 19.2 Å². The molecule has 1 aromatic heterocycles. The van der Waals surface area contributed by atoms with Crippen molar-refractivity contribution in [2.24, 2.45) is 7.05 Å². The van der Waals surface area contributed by atoms with Gasteiger partial charge in [0.2, 0.25) is 0 Å². The van der Waals surface area contributed by atoms with E-state index >= 15 is 0 Å². The Morgan fingerprint density at radius 3 is 3.17 bits per heavy atom. The maximum Gasteiger partial charge on any atom is 0.0893 e. The van der Waals surface area contributed by atoms with Gasteiger partial charge in [-0.25, -0.2) is 0 Å². The number of fused-ring (bicyclic) bond motifs is 1. The minimum Gasteiger partial charge on any atom is -0.370 e. The first kappa shape index (κ1) is 7.76. The highest BCUT2D eigenvalue weighted by molar-refractivity contribution is 5.27.